The predicted molar refractivity (Wildman–Crippen MR) is 155 cm³/mol. The normalized spacial score (nSPS) is 21.7. The SMILES string of the molecule is Cc1nc([C@@H]2O[C@H](CO)[C@H](O)[C@H](n3cc(-c4cc(F)c(F)c(F)c4)c(-c4ccccc4)n3)[C@H]2O)n(-c2cc(Cl)ccc2C(F)(F)F)n1. The van der Waals surface area contributed by atoms with Crippen molar-refractivity contribution in [2.75, 3.05) is 6.61 Å². The Labute approximate surface area is 267 Å². The van der Waals surface area contributed by atoms with Crippen molar-refractivity contribution in [3.05, 3.63) is 107 Å². The van der Waals surface area contributed by atoms with Crippen molar-refractivity contribution in [1.29, 1.82) is 0 Å². The number of aliphatic hydroxyl groups excluding tert-OH is 3. The van der Waals surface area contributed by atoms with E-state index in [-0.39, 0.29) is 33.5 Å². The van der Waals surface area contributed by atoms with Crippen LogP contribution in [0.4, 0.5) is 26.3 Å². The van der Waals surface area contributed by atoms with Gasteiger partial charge in [0.15, 0.2) is 23.3 Å². The maximum absolute atomic E-state index is 14.3. The van der Waals surface area contributed by atoms with Crippen LogP contribution in [0.2, 0.25) is 5.02 Å². The van der Waals surface area contributed by atoms with Crippen molar-refractivity contribution in [1.82, 2.24) is 24.5 Å². The summed E-state index contributed by atoms with van der Waals surface area (Å²) < 4.78 is 92.3. The zero-order valence-corrected chi connectivity index (χ0v) is 24.8. The van der Waals surface area contributed by atoms with Crippen LogP contribution < -0.4 is 0 Å². The molecule has 3 N–H and O–H groups in total. The first-order valence-corrected chi connectivity index (χ1v) is 14.4. The molecule has 0 saturated carbocycles. The minimum Gasteiger partial charge on any atom is -0.394 e. The first kappa shape index (κ1) is 32.7. The van der Waals surface area contributed by atoms with Gasteiger partial charge in [0, 0.05) is 22.3 Å². The molecule has 2 aromatic heterocycles. The van der Waals surface area contributed by atoms with Crippen LogP contribution in [-0.4, -0.2) is 64.8 Å². The Kier molecular flexibility index (Phi) is 8.61. The molecule has 0 bridgehead atoms. The van der Waals surface area contributed by atoms with E-state index in [1.54, 1.807) is 30.3 Å². The molecule has 5 aromatic rings. The van der Waals surface area contributed by atoms with Crippen molar-refractivity contribution in [2.45, 2.75) is 43.6 Å². The summed E-state index contributed by atoms with van der Waals surface area (Å²) in [5.74, 6) is -4.92. The summed E-state index contributed by atoms with van der Waals surface area (Å²) in [6.07, 6.45) is -10.1. The molecule has 0 radical (unpaired) electrons. The van der Waals surface area contributed by atoms with Crippen molar-refractivity contribution in [3.63, 3.8) is 0 Å². The molecule has 0 unspecified atom stereocenters. The second-order valence-electron chi connectivity index (χ2n) is 10.8. The summed E-state index contributed by atoms with van der Waals surface area (Å²) in [6, 6.07) is 11.2. The summed E-state index contributed by atoms with van der Waals surface area (Å²) in [5, 5.41) is 41.7. The Hall–Kier alpha value is -4.28. The number of alkyl halides is 3. The zero-order chi connectivity index (χ0) is 33.8. The summed E-state index contributed by atoms with van der Waals surface area (Å²) in [5.41, 5.74) is -1.08. The van der Waals surface area contributed by atoms with E-state index in [1.807, 2.05) is 0 Å². The van der Waals surface area contributed by atoms with Gasteiger partial charge in [-0.25, -0.2) is 22.8 Å². The van der Waals surface area contributed by atoms with Crippen LogP contribution in [0.25, 0.3) is 28.1 Å². The minimum absolute atomic E-state index is 0.000206. The Morgan fingerprint density at radius 2 is 1.60 bits per heavy atom. The largest absolute Gasteiger partial charge is 0.418 e. The van der Waals surface area contributed by atoms with Crippen LogP contribution in [0.15, 0.2) is 66.9 Å². The molecule has 0 aliphatic carbocycles. The summed E-state index contributed by atoms with van der Waals surface area (Å²) in [7, 11) is 0. The van der Waals surface area contributed by atoms with Crippen LogP contribution >= 0.6 is 11.6 Å². The lowest BCUT2D eigenvalue weighted by Gasteiger charge is -2.42. The monoisotopic (exact) mass is 679 g/mol. The van der Waals surface area contributed by atoms with Gasteiger partial charge in [-0.1, -0.05) is 41.9 Å². The van der Waals surface area contributed by atoms with Crippen LogP contribution in [0.1, 0.15) is 29.4 Å². The maximum Gasteiger partial charge on any atom is 0.418 e. The number of aromatic nitrogens is 5. The third kappa shape index (κ3) is 6.00. The van der Waals surface area contributed by atoms with Crippen molar-refractivity contribution >= 4 is 11.6 Å². The fourth-order valence-electron chi connectivity index (χ4n) is 5.62. The topological polar surface area (TPSA) is 118 Å². The zero-order valence-electron chi connectivity index (χ0n) is 24.1. The van der Waals surface area contributed by atoms with Gasteiger partial charge in [-0.3, -0.25) is 4.68 Å². The predicted octanol–water partition coefficient (Wildman–Crippen LogP) is 5.59. The molecule has 1 saturated heterocycles. The maximum atomic E-state index is 14.3. The van der Waals surface area contributed by atoms with Crippen LogP contribution in [-0.2, 0) is 10.9 Å². The number of halogens is 7. The highest BCUT2D eigenvalue weighted by molar-refractivity contribution is 6.30. The average molecular weight is 680 g/mol. The summed E-state index contributed by atoms with van der Waals surface area (Å²) >= 11 is 6.05. The quantitative estimate of drug-likeness (QED) is 0.158. The van der Waals surface area contributed by atoms with Crippen molar-refractivity contribution in [3.8, 4) is 28.1 Å². The molecule has 47 heavy (non-hydrogen) atoms. The number of nitrogens with zero attached hydrogens (tertiary/aromatic N) is 5. The van der Waals surface area contributed by atoms with Gasteiger partial charge >= 0.3 is 6.18 Å². The molecule has 3 aromatic carbocycles. The molecule has 1 aliphatic heterocycles. The lowest BCUT2D eigenvalue weighted by atomic mass is 9.92. The third-order valence-corrected chi connectivity index (χ3v) is 7.99. The van der Waals surface area contributed by atoms with E-state index in [2.05, 4.69) is 15.2 Å². The van der Waals surface area contributed by atoms with Gasteiger partial charge in [0.05, 0.1) is 17.9 Å². The highest BCUT2D eigenvalue weighted by atomic mass is 35.5. The van der Waals surface area contributed by atoms with Gasteiger partial charge < -0.3 is 20.1 Å². The van der Waals surface area contributed by atoms with Gasteiger partial charge in [-0.05, 0) is 42.8 Å². The standard InChI is InChI=1S/C31H24ClF6N5O4/c1-14-39-30(43(40-14)22-11-17(32)7-8-19(22)31(36,37)38)29-28(46)26(27(45)23(13-44)47-29)42-12-18(16-9-20(33)24(35)21(34)10-16)25(41-42)15-5-3-2-4-6-15/h2-12,23,26-29,44-46H,13H2,1H3/t23-,26+,27+,28-,29-/m1/s1. The lowest BCUT2D eigenvalue weighted by molar-refractivity contribution is -0.210. The number of aliphatic hydroxyl groups is 3. The Morgan fingerprint density at radius 1 is 0.915 bits per heavy atom. The Balaban J connectivity index is 1.50. The number of aryl methyl sites for hydroxylation is 1. The first-order valence-electron chi connectivity index (χ1n) is 14.0. The van der Waals surface area contributed by atoms with Crippen molar-refractivity contribution < 1.29 is 46.4 Å². The first-order chi connectivity index (χ1) is 22.3. The van der Waals surface area contributed by atoms with E-state index in [1.165, 1.54) is 13.1 Å². The fraction of sp³-hybridized carbons (Fsp3) is 0.258. The Bertz CT molecular complexity index is 1910. The van der Waals surface area contributed by atoms with E-state index >= 15 is 0 Å². The highest BCUT2D eigenvalue weighted by Crippen LogP contribution is 2.42. The second-order valence-corrected chi connectivity index (χ2v) is 11.3. The molecular weight excluding hydrogens is 656 g/mol. The summed E-state index contributed by atoms with van der Waals surface area (Å²) in [6.45, 7) is 0.600. The van der Waals surface area contributed by atoms with Crippen LogP contribution in [0.3, 0.4) is 0 Å². The van der Waals surface area contributed by atoms with Gasteiger partial charge in [-0.15, -0.1) is 0 Å². The smallest absolute Gasteiger partial charge is 0.394 e. The molecule has 9 nitrogen and oxygen atoms in total. The molecule has 3 heterocycles. The summed E-state index contributed by atoms with van der Waals surface area (Å²) in [4.78, 5) is 4.23. The fourth-order valence-corrected chi connectivity index (χ4v) is 5.78. The molecule has 1 aliphatic rings. The molecule has 246 valence electrons. The average Bonchev–Trinajstić information content (AvgIpc) is 3.64. The van der Waals surface area contributed by atoms with Crippen molar-refractivity contribution in [2.24, 2.45) is 0 Å². The van der Waals surface area contributed by atoms with Gasteiger partial charge in [0.1, 0.15) is 42.0 Å². The van der Waals surface area contributed by atoms with Gasteiger partial charge in [0.25, 0.3) is 0 Å². The number of hydrogen-bond acceptors (Lipinski definition) is 7. The van der Waals surface area contributed by atoms with E-state index in [0.29, 0.717) is 5.56 Å². The lowest BCUT2D eigenvalue weighted by Crippen LogP contribution is -2.53. The van der Waals surface area contributed by atoms with Crippen LogP contribution in [0, 0.1) is 24.4 Å². The second kappa shape index (κ2) is 12.4. The van der Waals surface area contributed by atoms with E-state index in [4.69, 9.17) is 16.3 Å². The minimum atomic E-state index is -4.84. The molecule has 16 heteroatoms. The van der Waals surface area contributed by atoms with Crippen LogP contribution in [0.5, 0.6) is 0 Å². The molecule has 5 atom stereocenters. The van der Waals surface area contributed by atoms with E-state index in [9.17, 15) is 41.7 Å². The van der Waals surface area contributed by atoms with Gasteiger partial charge in [0.2, 0.25) is 0 Å². The van der Waals surface area contributed by atoms with E-state index < -0.39 is 71.9 Å². The number of ether oxygens (including phenoxy) is 1. The third-order valence-electron chi connectivity index (χ3n) is 7.76. The molecular formula is C31H24ClF6N5O4. The number of hydrogen-bond donors (Lipinski definition) is 3. The molecule has 0 spiro atoms. The molecule has 6 rings (SSSR count). The van der Waals surface area contributed by atoms with Gasteiger partial charge in [-0.2, -0.15) is 23.4 Å². The highest BCUT2D eigenvalue weighted by Gasteiger charge is 2.49. The molecule has 0 amide bonds. The number of rotatable bonds is 6. The molecule has 1 fully saturated rings. The Morgan fingerprint density at radius 3 is 2.23 bits per heavy atom. The number of benzene rings is 3. The van der Waals surface area contributed by atoms with E-state index in [0.717, 1.165) is 39.7 Å².